The summed E-state index contributed by atoms with van der Waals surface area (Å²) >= 11 is 0. The van der Waals surface area contributed by atoms with Crippen LogP contribution in [-0.2, 0) is 0 Å². The molecule has 218 valence electrons. The lowest BCUT2D eigenvalue weighted by atomic mass is 9.83. The quantitative estimate of drug-likeness (QED) is 0.139. The van der Waals surface area contributed by atoms with Crippen molar-refractivity contribution in [2.45, 2.75) is 20.0 Å². The van der Waals surface area contributed by atoms with Gasteiger partial charge in [-0.2, -0.15) is 0 Å². The third-order valence-electron chi connectivity index (χ3n) is 10.3. The van der Waals surface area contributed by atoms with Crippen LogP contribution in [0.25, 0.3) is 76.8 Å². The van der Waals surface area contributed by atoms with Gasteiger partial charge in [0.05, 0.1) is 0 Å². The number of hydrogen-bond acceptors (Lipinski definition) is 0. The van der Waals surface area contributed by atoms with Crippen LogP contribution in [0.4, 0.5) is 0 Å². The molecule has 0 spiro atoms. The molecule has 1 heterocycles. The molecule has 1 heteroatoms. The minimum Gasteiger partial charge on any atom is -0.0623 e. The monoisotopic (exact) mass is 602 g/mol. The van der Waals surface area contributed by atoms with Crippen molar-refractivity contribution in [3.05, 3.63) is 157 Å². The second-order valence-corrected chi connectivity index (χ2v) is 17.7. The van der Waals surface area contributed by atoms with E-state index < -0.39 is 8.07 Å². The van der Waals surface area contributed by atoms with E-state index in [9.17, 15) is 0 Å². The SMILES string of the molecule is Cc1ccc(-c2c3ccc(-c4ccc5ccccc5c4)cc3c(-c3ccccc3)c3cc4c(cc23)-c2ccccc2[Si]4(C)C)cc1. The van der Waals surface area contributed by atoms with Gasteiger partial charge in [0.15, 0.2) is 0 Å². The van der Waals surface area contributed by atoms with Gasteiger partial charge in [-0.1, -0.05) is 152 Å². The van der Waals surface area contributed by atoms with Crippen LogP contribution in [-0.4, -0.2) is 8.07 Å². The van der Waals surface area contributed by atoms with Crippen LogP contribution in [0.2, 0.25) is 13.1 Å². The molecular weight excluding hydrogens is 569 g/mol. The highest BCUT2D eigenvalue weighted by atomic mass is 28.3. The zero-order valence-electron chi connectivity index (χ0n) is 26.4. The molecule has 0 aromatic heterocycles. The normalized spacial score (nSPS) is 13.3. The Morgan fingerprint density at radius 1 is 0.370 bits per heavy atom. The summed E-state index contributed by atoms with van der Waals surface area (Å²) in [4.78, 5) is 0. The molecular formula is C45H34Si. The highest BCUT2D eigenvalue weighted by molar-refractivity contribution is 7.04. The fraction of sp³-hybridized carbons (Fsp3) is 0.0667. The number of fused-ring (bicyclic) bond motifs is 6. The Morgan fingerprint density at radius 2 is 0.957 bits per heavy atom. The summed E-state index contributed by atoms with van der Waals surface area (Å²) in [5.74, 6) is 0. The lowest BCUT2D eigenvalue weighted by Crippen LogP contribution is -2.49. The largest absolute Gasteiger partial charge is 0.113 e. The summed E-state index contributed by atoms with van der Waals surface area (Å²) in [5, 5.41) is 10.9. The Bertz CT molecular complexity index is 2480. The van der Waals surface area contributed by atoms with Gasteiger partial charge in [0.25, 0.3) is 0 Å². The van der Waals surface area contributed by atoms with Crippen molar-refractivity contribution >= 4 is 50.8 Å². The molecule has 46 heavy (non-hydrogen) atoms. The predicted octanol–water partition coefficient (Wildman–Crippen LogP) is 11.3. The third kappa shape index (κ3) is 4.05. The first-order valence-corrected chi connectivity index (χ1v) is 19.3. The molecule has 0 saturated carbocycles. The van der Waals surface area contributed by atoms with Crippen molar-refractivity contribution in [3.63, 3.8) is 0 Å². The molecule has 8 aromatic carbocycles. The molecule has 0 saturated heterocycles. The van der Waals surface area contributed by atoms with E-state index in [2.05, 4.69) is 172 Å². The Balaban J connectivity index is 1.44. The van der Waals surface area contributed by atoms with Crippen molar-refractivity contribution in [2.75, 3.05) is 0 Å². The smallest absolute Gasteiger partial charge is 0.0623 e. The summed E-state index contributed by atoms with van der Waals surface area (Å²) in [6.07, 6.45) is 0. The maximum absolute atomic E-state index is 2.58. The van der Waals surface area contributed by atoms with Gasteiger partial charge >= 0.3 is 0 Å². The van der Waals surface area contributed by atoms with E-state index >= 15 is 0 Å². The van der Waals surface area contributed by atoms with Crippen molar-refractivity contribution in [1.82, 2.24) is 0 Å². The summed E-state index contributed by atoms with van der Waals surface area (Å²) < 4.78 is 0. The number of rotatable bonds is 3. The molecule has 0 N–H and O–H groups in total. The molecule has 0 nitrogen and oxygen atoms in total. The third-order valence-corrected chi connectivity index (χ3v) is 13.8. The zero-order chi connectivity index (χ0) is 31.0. The summed E-state index contributed by atoms with van der Waals surface area (Å²) in [7, 11) is -1.88. The molecule has 0 unspecified atom stereocenters. The molecule has 1 aliphatic rings. The van der Waals surface area contributed by atoms with Gasteiger partial charge in [0.2, 0.25) is 0 Å². The van der Waals surface area contributed by atoms with Gasteiger partial charge in [-0.3, -0.25) is 0 Å². The molecule has 8 aromatic rings. The molecule has 0 fully saturated rings. The Kier molecular flexibility index (Phi) is 5.97. The van der Waals surface area contributed by atoms with E-state index in [-0.39, 0.29) is 0 Å². The van der Waals surface area contributed by atoms with Gasteiger partial charge < -0.3 is 0 Å². The van der Waals surface area contributed by atoms with Gasteiger partial charge in [-0.25, -0.2) is 0 Å². The Hall–Kier alpha value is -5.24. The molecule has 0 radical (unpaired) electrons. The lowest BCUT2D eigenvalue weighted by Gasteiger charge is -2.23. The van der Waals surface area contributed by atoms with Gasteiger partial charge in [-0.05, 0) is 112 Å². The topological polar surface area (TPSA) is 0 Å². The van der Waals surface area contributed by atoms with E-state index in [1.165, 1.54) is 82.4 Å². The van der Waals surface area contributed by atoms with E-state index in [1.54, 1.807) is 10.4 Å². The minimum absolute atomic E-state index is 1.24. The summed E-state index contributed by atoms with van der Waals surface area (Å²) in [6.45, 7) is 7.21. The van der Waals surface area contributed by atoms with Gasteiger partial charge in [0.1, 0.15) is 8.07 Å². The van der Waals surface area contributed by atoms with Crippen LogP contribution in [0, 0.1) is 6.92 Å². The summed E-state index contributed by atoms with van der Waals surface area (Å²) in [6, 6.07) is 57.0. The average molecular weight is 603 g/mol. The maximum atomic E-state index is 2.58. The standard InChI is InChI=1S/C45H34Si/c1-29-17-19-32(20-18-29)44-37-24-23-35(34-22-21-30-11-7-8-14-33(30)25-34)26-39(37)45(31-12-5-4-6-13-31)41-28-43-38(27-40(41)44)36-15-9-10-16-42(36)46(43,2)3/h4-28H,1-3H3. The molecule has 1 aliphatic heterocycles. The van der Waals surface area contributed by atoms with Crippen LogP contribution in [0.5, 0.6) is 0 Å². The molecule has 0 atom stereocenters. The fourth-order valence-corrected chi connectivity index (χ4v) is 11.0. The highest BCUT2D eigenvalue weighted by Crippen LogP contribution is 2.46. The number of benzene rings is 8. The maximum Gasteiger partial charge on any atom is 0.113 e. The highest BCUT2D eigenvalue weighted by Gasteiger charge is 2.38. The van der Waals surface area contributed by atoms with E-state index in [1.807, 2.05) is 0 Å². The molecule has 0 amide bonds. The average Bonchev–Trinajstić information content (AvgIpc) is 3.32. The van der Waals surface area contributed by atoms with E-state index in [0.717, 1.165) is 0 Å². The predicted molar refractivity (Wildman–Crippen MR) is 202 cm³/mol. The molecule has 9 rings (SSSR count). The second-order valence-electron chi connectivity index (χ2n) is 13.4. The van der Waals surface area contributed by atoms with E-state index in [4.69, 9.17) is 0 Å². The second kappa shape index (κ2) is 10.1. The van der Waals surface area contributed by atoms with Gasteiger partial charge in [0, 0.05) is 0 Å². The van der Waals surface area contributed by atoms with E-state index in [0.29, 0.717) is 0 Å². The van der Waals surface area contributed by atoms with Crippen molar-refractivity contribution < 1.29 is 0 Å². The van der Waals surface area contributed by atoms with Gasteiger partial charge in [-0.15, -0.1) is 0 Å². The first-order chi connectivity index (χ1) is 22.5. The van der Waals surface area contributed by atoms with Crippen LogP contribution in [0.15, 0.2) is 152 Å². The molecule has 0 bridgehead atoms. The minimum atomic E-state index is -1.88. The van der Waals surface area contributed by atoms with Crippen LogP contribution in [0.1, 0.15) is 5.56 Å². The van der Waals surface area contributed by atoms with Crippen LogP contribution >= 0.6 is 0 Å². The number of aryl methyl sites for hydroxylation is 1. The Labute approximate surface area is 271 Å². The number of hydrogen-bond donors (Lipinski definition) is 0. The fourth-order valence-electron chi connectivity index (χ4n) is 7.92. The molecule has 0 aliphatic carbocycles. The Morgan fingerprint density at radius 3 is 1.78 bits per heavy atom. The zero-order valence-corrected chi connectivity index (χ0v) is 27.4. The van der Waals surface area contributed by atoms with Crippen molar-refractivity contribution in [3.8, 4) is 44.5 Å². The first-order valence-electron chi connectivity index (χ1n) is 16.3. The van der Waals surface area contributed by atoms with Crippen molar-refractivity contribution in [1.29, 1.82) is 0 Å². The van der Waals surface area contributed by atoms with Crippen molar-refractivity contribution in [2.24, 2.45) is 0 Å². The van der Waals surface area contributed by atoms with Crippen LogP contribution in [0.3, 0.4) is 0 Å². The lowest BCUT2D eigenvalue weighted by molar-refractivity contribution is 1.47. The summed E-state index contributed by atoms with van der Waals surface area (Å²) in [5.41, 5.74) is 11.8. The van der Waals surface area contributed by atoms with Crippen LogP contribution < -0.4 is 10.4 Å². The first kappa shape index (κ1) is 27.1.